The molecule has 0 aromatic carbocycles. The molecule has 4 fully saturated rings. The number of hydrogen-bond acceptors (Lipinski definition) is 5. The summed E-state index contributed by atoms with van der Waals surface area (Å²) in [6.07, 6.45) is 10.4. The lowest BCUT2D eigenvalue weighted by Gasteiger charge is -2.57. The van der Waals surface area contributed by atoms with Crippen molar-refractivity contribution in [3.63, 3.8) is 0 Å². The van der Waals surface area contributed by atoms with Gasteiger partial charge >= 0.3 is 0 Å². The standard InChI is InChI=1S/C23H35N5O/c24-22-17(7-4-9-25-22)13-27-14-18-11-19(15-27)21(28-10-2-1-8-20(18)28)12-26-23(29)16-5-3-6-16/h4,7,9,16,18-21H,1-3,5-6,8,10-15H2,(H2,24,25)(H,26,29)/t18-,19+,20+,21+/m1/s1. The zero-order valence-electron chi connectivity index (χ0n) is 17.4. The average molecular weight is 398 g/mol. The number of nitrogens with one attached hydrogen (secondary N) is 1. The SMILES string of the molecule is Nc1ncccc1CN1C[C@H]2C[C@@H](C1)[C@H](CNC(=O)C1CCC1)N1CCCC[C@@H]21. The van der Waals surface area contributed by atoms with Crippen molar-refractivity contribution in [2.45, 2.75) is 63.6 Å². The van der Waals surface area contributed by atoms with Gasteiger partial charge in [-0.1, -0.05) is 18.9 Å². The van der Waals surface area contributed by atoms with Gasteiger partial charge in [-0.15, -0.1) is 0 Å². The van der Waals surface area contributed by atoms with Crippen LogP contribution < -0.4 is 11.1 Å². The number of carbonyl (C=O) groups is 1. The molecule has 1 aromatic rings. The van der Waals surface area contributed by atoms with Gasteiger partial charge in [-0.2, -0.15) is 0 Å². The molecule has 6 heteroatoms. The first-order chi connectivity index (χ1) is 14.2. The summed E-state index contributed by atoms with van der Waals surface area (Å²) in [6.45, 7) is 5.18. The first kappa shape index (κ1) is 19.3. The van der Waals surface area contributed by atoms with Crippen LogP contribution in [0.1, 0.15) is 50.5 Å². The van der Waals surface area contributed by atoms with Crippen LogP contribution in [-0.4, -0.2) is 59.0 Å². The Hall–Kier alpha value is -1.66. The maximum atomic E-state index is 12.5. The largest absolute Gasteiger partial charge is 0.383 e. The van der Waals surface area contributed by atoms with Crippen molar-refractivity contribution in [1.29, 1.82) is 0 Å². The second-order valence-electron chi connectivity index (χ2n) is 9.74. The van der Waals surface area contributed by atoms with Crippen LogP contribution in [0.3, 0.4) is 0 Å². The summed E-state index contributed by atoms with van der Waals surface area (Å²) in [5.74, 6) is 2.60. The molecule has 0 spiro atoms. The molecule has 158 valence electrons. The molecule has 0 unspecified atom stereocenters. The molecule has 2 bridgehead atoms. The number of fused-ring (bicyclic) bond motifs is 4. The second-order valence-corrected chi connectivity index (χ2v) is 9.74. The van der Waals surface area contributed by atoms with E-state index in [4.69, 9.17) is 5.73 Å². The summed E-state index contributed by atoms with van der Waals surface area (Å²) in [5, 5.41) is 3.34. The van der Waals surface area contributed by atoms with Crippen LogP contribution in [0, 0.1) is 17.8 Å². The molecular weight excluding hydrogens is 362 g/mol. The summed E-state index contributed by atoms with van der Waals surface area (Å²) < 4.78 is 0. The van der Waals surface area contributed by atoms with Crippen molar-refractivity contribution in [1.82, 2.24) is 20.1 Å². The third-order valence-corrected chi connectivity index (χ3v) is 7.98. The van der Waals surface area contributed by atoms with E-state index < -0.39 is 0 Å². The number of piperidine rings is 3. The molecule has 0 radical (unpaired) electrons. The summed E-state index contributed by atoms with van der Waals surface area (Å²) in [6, 6.07) is 5.25. The van der Waals surface area contributed by atoms with Gasteiger partial charge in [0.15, 0.2) is 0 Å². The molecule has 5 rings (SSSR count). The van der Waals surface area contributed by atoms with Gasteiger partial charge in [-0.3, -0.25) is 14.6 Å². The molecule has 6 nitrogen and oxygen atoms in total. The Morgan fingerprint density at radius 2 is 2.03 bits per heavy atom. The van der Waals surface area contributed by atoms with E-state index >= 15 is 0 Å². The summed E-state index contributed by atoms with van der Waals surface area (Å²) in [5.41, 5.74) is 7.26. The highest BCUT2D eigenvalue weighted by molar-refractivity contribution is 5.79. The second kappa shape index (κ2) is 8.23. The molecule has 4 heterocycles. The first-order valence-electron chi connectivity index (χ1n) is 11.6. The zero-order chi connectivity index (χ0) is 19.8. The van der Waals surface area contributed by atoms with Crippen LogP contribution in [0.2, 0.25) is 0 Å². The molecule has 3 aliphatic heterocycles. The van der Waals surface area contributed by atoms with E-state index in [-0.39, 0.29) is 5.92 Å². The third kappa shape index (κ3) is 3.89. The molecule has 1 aromatic heterocycles. The number of nitrogen functional groups attached to an aromatic ring is 1. The quantitative estimate of drug-likeness (QED) is 0.797. The Kier molecular flexibility index (Phi) is 5.48. The predicted molar refractivity (Wildman–Crippen MR) is 114 cm³/mol. The van der Waals surface area contributed by atoms with Gasteiger partial charge in [0.25, 0.3) is 0 Å². The van der Waals surface area contributed by atoms with E-state index in [0.29, 0.717) is 29.7 Å². The molecule has 1 aliphatic carbocycles. The minimum Gasteiger partial charge on any atom is -0.383 e. The Morgan fingerprint density at radius 3 is 2.83 bits per heavy atom. The van der Waals surface area contributed by atoms with Gasteiger partial charge in [0.2, 0.25) is 5.91 Å². The van der Waals surface area contributed by atoms with E-state index in [2.05, 4.69) is 26.2 Å². The van der Waals surface area contributed by atoms with Crippen LogP contribution in [-0.2, 0) is 11.3 Å². The minimum absolute atomic E-state index is 0.278. The highest BCUT2D eigenvalue weighted by Crippen LogP contribution is 2.41. The molecule has 4 aliphatic rings. The number of amides is 1. The fraction of sp³-hybridized carbons (Fsp3) is 0.739. The highest BCUT2D eigenvalue weighted by Gasteiger charge is 2.47. The average Bonchev–Trinajstić information content (AvgIpc) is 2.68. The summed E-state index contributed by atoms with van der Waals surface area (Å²) in [7, 11) is 0. The molecular formula is C23H35N5O. The molecule has 1 saturated carbocycles. The normalized spacial score (nSPS) is 33.0. The Bertz CT molecular complexity index is 736. The summed E-state index contributed by atoms with van der Waals surface area (Å²) in [4.78, 5) is 22.1. The van der Waals surface area contributed by atoms with Crippen LogP contribution in [0.4, 0.5) is 5.82 Å². The number of carbonyl (C=O) groups excluding carboxylic acids is 1. The highest BCUT2D eigenvalue weighted by atomic mass is 16.1. The number of pyridine rings is 1. The monoisotopic (exact) mass is 397 g/mol. The van der Waals surface area contributed by atoms with Crippen LogP contribution >= 0.6 is 0 Å². The number of nitrogens with zero attached hydrogens (tertiary/aromatic N) is 3. The first-order valence-corrected chi connectivity index (χ1v) is 11.6. The maximum absolute atomic E-state index is 12.5. The predicted octanol–water partition coefficient (Wildman–Crippen LogP) is 2.25. The van der Waals surface area contributed by atoms with Gasteiger partial charge < -0.3 is 11.1 Å². The zero-order valence-corrected chi connectivity index (χ0v) is 17.4. The molecule has 3 N–H and O–H groups in total. The Labute approximate surface area is 174 Å². The maximum Gasteiger partial charge on any atom is 0.223 e. The fourth-order valence-corrected chi connectivity index (χ4v) is 6.26. The van der Waals surface area contributed by atoms with E-state index in [1.54, 1.807) is 6.20 Å². The van der Waals surface area contributed by atoms with Crippen molar-refractivity contribution in [3.05, 3.63) is 23.9 Å². The number of aromatic nitrogens is 1. The lowest BCUT2D eigenvalue weighted by Crippen LogP contribution is -2.65. The third-order valence-electron chi connectivity index (χ3n) is 7.98. The van der Waals surface area contributed by atoms with Gasteiger partial charge in [-0.05, 0) is 56.6 Å². The van der Waals surface area contributed by atoms with E-state index in [1.165, 1.54) is 38.6 Å². The van der Waals surface area contributed by atoms with E-state index in [9.17, 15) is 4.79 Å². The number of anilines is 1. The van der Waals surface area contributed by atoms with Crippen molar-refractivity contribution in [2.75, 3.05) is 31.9 Å². The number of likely N-dealkylation sites (tertiary alicyclic amines) is 1. The van der Waals surface area contributed by atoms with Crippen molar-refractivity contribution in [2.24, 2.45) is 17.8 Å². The smallest absolute Gasteiger partial charge is 0.223 e. The number of rotatable bonds is 5. The van der Waals surface area contributed by atoms with E-state index in [0.717, 1.165) is 50.5 Å². The van der Waals surface area contributed by atoms with Crippen molar-refractivity contribution < 1.29 is 4.79 Å². The van der Waals surface area contributed by atoms with E-state index in [1.807, 2.05) is 6.07 Å². The van der Waals surface area contributed by atoms with Crippen LogP contribution in [0.25, 0.3) is 0 Å². The lowest BCUT2D eigenvalue weighted by atomic mass is 9.72. The Balaban J connectivity index is 1.30. The van der Waals surface area contributed by atoms with Crippen molar-refractivity contribution >= 4 is 11.7 Å². The number of nitrogens with two attached hydrogens (primary N) is 1. The van der Waals surface area contributed by atoms with Gasteiger partial charge in [0.05, 0.1) is 0 Å². The lowest BCUT2D eigenvalue weighted by molar-refractivity contribution is -0.128. The fourth-order valence-electron chi connectivity index (χ4n) is 6.26. The van der Waals surface area contributed by atoms with Crippen molar-refractivity contribution in [3.8, 4) is 0 Å². The molecule has 4 atom stereocenters. The molecule has 1 amide bonds. The van der Waals surface area contributed by atoms with Crippen LogP contribution in [0.5, 0.6) is 0 Å². The molecule has 3 saturated heterocycles. The summed E-state index contributed by atoms with van der Waals surface area (Å²) >= 11 is 0. The van der Waals surface area contributed by atoms with Gasteiger partial charge in [0.1, 0.15) is 5.82 Å². The number of hydrogen-bond donors (Lipinski definition) is 2. The minimum atomic E-state index is 0.278. The van der Waals surface area contributed by atoms with Gasteiger partial charge in [-0.25, -0.2) is 4.98 Å². The Morgan fingerprint density at radius 1 is 1.17 bits per heavy atom. The molecule has 29 heavy (non-hydrogen) atoms. The topological polar surface area (TPSA) is 74.5 Å². The van der Waals surface area contributed by atoms with Gasteiger partial charge in [0, 0.05) is 55.9 Å². The van der Waals surface area contributed by atoms with Crippen LogP contribution in [0.15, 0.2) is 18.3 Å².